The molecule has 0 saturated heterocycles. The van der Waals surface area contributed by atoms with Crippen molar-refractivity contribution in [2.24, 2.45) is 7.05 Å². The minimum atomic E-state index is -0.00584. The Morgan fingerprint density at radius 2 is 2.00 bits per heavy atom. The van der Waals surface area contributed by atoms with Gasteiger partial charge in [0.25, 0.3) is 0 Å². The van der Waals surface area contributed by atoms with Crippen molar-refractivity contribution in [2.45, 2.75) is 26.5 Å². The first kappa shape index (κ1) is 14.0. The maximum Gasteiger partial charge on any atom is 0.323 e. The number of rotatable bonds is 6. The minimum Gasteiger partial charge on any atom is -0.461 e. The fourth-order valence-corrected chi connectivity index (χ4v) is 1.44. The fraction of sp³-hybridized carbons (Fsp3) is 0.545. The Balaban J connectivity index is 2.12. The lowest BCUT2D eigenvalue weighted by atomic mass is 10.5. The molecule has 2 aromatic rings. The second kappa shape index (κ2) is 6.13. The highest BCUT2D eigenvalue weighted by Crippen LogP contribution is 2.12. The van der Waals surface area contributed by atoms with Gasteiger partial charge in [0, 0.05) is 14.1 Å². The molecule has 0 aliphatic heterocycles. The van der Waals surface area contributed by atoms with Crippen molar-refractivity contribution < 1.29 is 4.74 Å². The number of aromatic nitrogens is 6. The summed E-state index contributed by atoms with van der Waals surface area (Å²) in [5.74, 6) is 1.64. The largest absolute Gasteiger partial charge is 0.461 e. The first-order valence-electron chi connectivity index (χ1n) is 6.25. The molecule has 0 saturated carbocycles. The summed E-state index contributed by atoms with van der Waals surface area (Å²) in [6.07, 6.45) is 1.63. The average Bonchev–Trinajstić information content (AvgIpc) is 2.81. The zero-order chi connectivity index (χ0) is 14.5. The smallest absolute Gasteiger partial charge is 0.323 e. The van der Waals surface area contributed by atoms with Crippen LogP contribution in [0.3, 0.4) is 0 Å². The summed E-state index contributed by atoms with van der Waals surface area (Å²) in [6.45, 7) is 4.29. The van der Waals surface area contributed by atoms with E-state index in [-0.39, 0.29) is 12.1 Å². The Bertz CT molecular complexity index is 567. The Morgan fingerprint density at radius 1 is 1.25 bits per heavy atom. The summed E-state index contributed by atoms with van der Waals surface area (Å²) in [5.41, 5.74) is 0. The van der Waals surface area contributed by atoms with Gasteiger partial charge in [0.15, 0.2) is 5.82 Å². The molecule has 0 amide bonds. The third kappa shape index (κ3) is 3.53. The van der Waals surface area contributed by atoms with Gasteiger partial charge in [-0.25, -0.2) is 0 Å². The molecule has 0 aromatic carbocycles. The van der Waals surface area contributed by atoms with Gasteiger partial charge in [-0.05, 0) is 13.8 Å². The fourth-order valence-electron chi connectivity index (χ4n) is 1.44. The van der Waals surface area contributed by atoms with Crippen LogP contribution in [0.15, 0.2) is 6.33 Å². The summed E-state index contributed by atoms with van der Waals surface area (Å²) in [6, 6.07) is 0.278. The zero-order valence-corrected chi connectivity index (χ0v) is 12.0. The van der Waals surface area contributed by atoms with Crippen LogP contribution in [0.1, 0.15) is 19.7 Å². The Hall–Kier alpha value is -2.45. The van der Waals surface area contributed by atoms with Crippen LogP contribution in [0, 0.1) is 0 Å². The molecule has 20 heavy (non-hydrogen) atoms. The van der Waals surface area contributed by atoms with Gasteiger partial charge in [0.1, 0.15) is 6.33 Å². The van der Waals surface area contributed by atoms with Crippen LogP contribution in [-0.2, 0) is 13.6 Å². The maximum absolute atomic E-state index is 5.48. The molecule has 0 aliphatic rings. The van der Waals surface area contributed by atoms with Crippen LogP contribution in [0.2, 0.25) is 0 Å². The molecule has 0 fully saturated rings. The van der Waals surface area contributed by atoms with Crippen LogP contribution in [-0.4, -0.2) is 42.9 Å². The van der Waals surface area contributed by atoms with Crippen molar-refractivity contribution in [1.82, 2.24) is 29.7 Å². The van der Waals surface area contributed by atoms with E-state index in [0.717, 1.165) is 5.82 Å². The van der Waals surface area contributed by atoms with Crippen LogP contribution in [0.5, 0.6) is 6.01 Å². The number of hydrogen-bond acceptors (Lipinski definition) is 8. The Labute approximate surface area is 116 Å². The van der Waals surface area contributed by atoms with Crippen LogP contribution >= 0.6 is 0 Å². The number of anilines is 2. The molecule has 0 spiro atoms. The van der Waals surface area contributed by atoms with E-state index in [1.54, 1.807) is 13.4 Å². The maximum atomic E-state index is 5.48. The van der Waals surface area contributed by atoms with Gasteiger partial charge in [-0.2, -0.15) is 15.0 Å². The average molecular weight is 278 g/mol. The summed E-state index contributed by atoms with van der Waals surface area (Å²) in [7, 11) is 3.61. The van der Waals surface area contributed by atoms with Gasteiger partial charge < -0.3 is 19.9 Å². The predicted molar refractivity (Wildman–Crippen MR) is 73.5 cm³/mol. The summed E-state index contributed by atoms with van der Waals surface area (Å²) < 4.78 is 7.30. The van der Waals surface area contributed by atoms with Gasteiger partial charge in [0.2, 0.25) is 11.9 Å². The molecular weight excluding hydrogens is 260 g/mol. The highest BCUT2D eigenvalue weighted by Gasteiger charge is 2.09. The predicted octanol–water partition coefficient (Wildman–Crippen LogP) is 0.441. The number of nitrogens with zero attached hydrogens (tertiary/aromatic N) is 6. The topological polar surface area (TPSA) is 103 Å². The van der Waals surface area contributed by atoms with Gasteiger partial charge in [-0.1, -0.05) is 0 Å². The molecule has 2 aromatic heterocycles. The van der Waals surface area contributed by atoms with E-state index in [2.05, 4.69) is 35.8 Å². The van der Waals surface area contributed by atoms with Crippen molar-refractivity contribution in [3.8, 4) is 6.01 Å². The van der Waals surface area contributed by atoms with E-state index in [9.17, 15) is 0 Å². The van der Waals surface area contributed by atoms with E-state index < -0.39 is 0 Å². The van der Waals surface area contributed by atoms with E-state index in [4.69, 9.17) is 4.74 Å². The van der Waals surface area contributed by atoms with Crippen molar-refractivity contribution >= 4 is 11.9 Å². The van der Waals surface area contributed by atoms with Crippen LogP contribution in [0.25, 0.3) is 0 Å². The summed E-state index contributed by atoms with van der Waals surface area (Å²) in [5, 5.41) is 13.7. The van der Waals surface area contributed by atoms with Gasteiger partial charge >= 0.3 is 6.01 Å². The Morgan fingerprint density at radius 3 is 2.60 bits per heavy atom. The molecule has 2 rings (SSSR count). The first-order valence-corrected chi connectivity index (χ1v) is 6.25. The number of aryl methyl sites for hydroxylation is 1. The molecular formula is C11H18N8O. The third-order valence-electron chi connectivity index (χ3n) is 2.39. The summed E-state index contributed by atoms with van der Waals surface area (Å²) >= 11 is 0. The van der Waals surface area contributed by atoms with Crippen molar-refractivity contribution in [1.29, 1.82) is 0 Å². The van der Waals surface area contributed by atoms with E-state index >= 15 is 0 Å². The normalized spacial score (nSPS) is 10.7. The van der Waals surface area contributed by atoms with Crippen LogP contribution < -0.4 is 15.4 Å². The minimum absolute atomic E-state index is 0.00584. The lowest BCUT2D eigenvalue weighted by molar-refractivity contribution is 0.222. The van der Waals surface area contributed by atoms with Crippen molar-refractivity contribution in [3.63, 3.8) is 0 Å². The highest BCUT2D eigenvalue weighted by atomic mass is 16.5. The second-order valence-corrected chi connectivity index (χ2v) is 4.39. The molecule has 9 nitrogen and oxygen atoms in total. The molecule has 2 heterocycles. The molecule has 0 unspecified atom stereocenters. The van der Waals surface area contributed by atoms with E-state index in [1.807, 2.05) is 25.5 Å². The van der Waals surface area contributed by atoms with Gasteiger partial charge in [-0.3, -0.25) is 0 Å². The zero-order valence-electron chi connectivity index (χ0n) is 12.0. The highest BCUT2D eigenvalue weighted by molar-refractivity contribution is 5.35. The quantitative estimate of drug-likeness (QED) is 0.784. The van der Waals surface area contributed by atoms with Gasteiger partial charge in [0.05, 0.1) is 12.6 Å². The van der Waals surface area contributed by atoms with Crippen molar-refractivity contribution in [3.05, 3.63) is 12.2 Å². The van der Waals surface area contributed by atoms with Crippen molar-refractivity contribution in [2.75, 3.05) is 17.7 Å². The molecule has 0 atom stereocenters. The molecule has 2 N–H and O–H groups in total. The lowest BCUT2D eigenvalue weighted by Crippen LogP contribution is -2.13. The first-order chi connectivity index (χ1) is 9.58. The molecule has 0 radical (unpaired) electrons. The third-order valence-corrected chi connectivity index (χ3v) is 2.39. The summed E-state index contributed by atoms with van der Waals surface area (Å²) in [4.78, 5) is 12.5. The van der Waals surface area contributed by atoms with Crippen LogP contribution in [0.4, 0.5) is 11.9 Å². The van der Waals surface area contributed by atoms with E-state index in [1.165, 1.54) is 0 Å². The molecule has 0 aliphatic carbocycles. The van der Waals surface area contributed by atoms with Gasteiger partial charge in [-0.15, -0.1) is 10.2 Å². The number of ether oxygens (including phenoxy) is 1. The number of hydrogen-bond donors (Lipinski definition) is 2. The monoisotopic (exact) mass is 278 g/mol. The second-order valence-electron chi connectivity index (χ2n) is 4.39. The molecule has 0 bridgehead atoms. The molecule has 9 heteroatoms. The lowest BCUT2D eigenvalue weighted by Gasteiger charge is -2.10. The number of nitrogens with one attached hydrogen (secondary N) is 2. The SMILES string of the molecule is CNc1nc(NCc2nncn2C)nc(OC(C)C)n1. The standard InChI is InChI=1S/C11H18N8O/c1-7(2)20-11-16-9(12-3)15-10(17-11)13-5-8-18-14-6-19(8)4/h6-7H,5H2,1-4H3,(H2,12,13,15,16,17). The molecule has 108 valence electrons. The van der Waals surface area contributed by atoms with E-state index in [0.29, 0.717) is 18.4 Å². The Kier molecular flexibility index (Phi) is 4.28.